The lowest BCUT2D eigenvalue weighted by Crippen LogP contribution is -2.48. The Hall–Kier alpha value is -2.54. The molecule has 0 N–H and O–H groups in total. The van der Waals surface area contributed by atoms with Gasteiger partial charge in [0, 0.05) is 30.5 Å². The monoisotopic (exact) mass is 414 g/mol. The first-order chi connectivity index (χ1) is 14.1. The fraction of sp³-hybridized carbons (Fsp3) is 0.455. The van der Waals surface area contributed by atoms with Crippen molar-refractivity contribution in [3.8, 4) is 11.5 Å². The first kappa shape index (κ1) is 19.8. The molecule has 1 aromatic carbocycles. The van der Waals surface area contributed by atoms with Crippen molar-refractivity contribution in [1.82, 2.24) is 9.80 Å². The highest BCUT2D eigenvalue weighted by Gasteiger charge is 2.36. The van der Waals surface area contributed by atoms with Gasteiger partial charge >= 0.3 is 0 Å². The molecule has 1 aromatic heterocycles. The van der Waals surface area contributed by atoms with Crippen LogP contribution in [0.25, 0.3) is 0 Å². The molecule has 4 rings (SSSR count). The lowest BCUT2D eigenvalue weighted by Gasteiger charge is -2.37. The van der Waals surface area contributed by atoms with Crippen LogP contribution in [0.2, 0.25) is 0 Å². The summed E-state index contributed by atoms with van der Waals surface area (Å²) >= 11 is 1.73. The van der Waals surface area contributed by atoms with Crippen molar-refractivity contribution in [3.05, 3.63) is 46.2 Å². The maximum Gasteiger partial charge on any atom is 0.242 e. The lowest BCUT2D eigenvalue weighted by molar-refractivity contribution is -0.142. The third-order valence-electron chi connectivity index (χ3n) is 5.56. The fourth-order valence-corrected chi connectivity index (χ4v) is 4.79. The van der Waals surface area contributed by atoms with Gasteiger partial charge in [0.15, 0.2) is 0 Å². The second kappa shape index (κ2) is 8.45. The molecule has 2 heterocycles. The number of thiophene rings is 1. The second-order valence-corrected chi connectivity index (χ2v) is 8.52. The largest absolute Gasteiger partial charge is 0.497 e. The summed E-state index contributed by atoms with van der Waals surface area (Å²) in [5, 5.41) is 2.07. The number of amides is 2. The van der Waals surface area contributed by atoms with E-state index in [1.807, 2.05) is 29.2 Å². The minimum Gasteiger partial charge on any atom is -0.497 e. The van der Waals surface area contributed by atoms with Crippen LogP contribution < -0.4 is 9.47 Å². The highest BCUT2D eigenvalue weighted by atomic mass is 32.1. The molecule has 1 fully saturated rings. The van der Waals surface area contributed by atoms with Gasteiger partial charge in [-0.15, -0.1) is 11.3 Å². The van der Waals surface area contributed by atoms with Crippen LogP contribution in [0.4, 0.5) is 0 Å². The van der Waals surface area contributed by atoms with Gasteiger partial charge in [0.25, 0.3) is 0 Å². The molecule has 0 spiro atoms. The summed E-state index contributed by atoms with van der Waals surface area (Å²) in [5.41, 5.74) is 1.15. The van der Waals surface area contributed by atoms with Crippen LogP contribution in [0.5, 0.6) is 11.5 Å². The predicted molar refractivity (Wildman–Crippen MR) is 111 cm³/mol. The van der Waals surface area contributed by atoms with Crippen molar-refractivity contribution in [2.45, 2.75) is 38.3 Å². The summed E-state index contributed by atoms with van der Waals surface area (Å²) in [6, 6.07) is 9.64. The number of benzene rings is 1. The molecule has 7 heteroatoms. The quantitative estimate of drug-likeness (QED) is 0.698. The van der Waals surface area contributed by atoms with Crippen LogP contribution >= 0.6 is 11.3 Å². The van der Waals surface area contributed by atoms with Crippen molar-refractivity contribution in [1.29, 1.82) is 0 Å². The van der Waals surface area contributed by atoms with Crippen LogP contribution in [0.3, 0.4) is 0 Å². The number of methoxy groups -OCH3 is 1. The predicted octanol–water partition coefficient (Wildman–Crippen LogP) is 3.27. The Balaban J connectivity index is 1.50. The van der Waals surface area contributed by atoms with Crippen molar-refractivity contribution in [2.24, 2.45) is 0 Å². The maximum atomic E-state index is 13.2. The van der Waals surface area contributed by atoms with E-state index in [9.17, 15) is 9.59 Å². The van der Waals surface area contributed by atoms with E-state index in [4.69, 9.17) is 9.47 Å². The molecule has 1 atom stereocenters. The van der Waals surface area contributed by atoms with E-state index in [-0.39, 0.29) is 30.4 Å². The number of carbonyl (C=O) groups is 2. The molecule has 1 aliphatic heterocycles. The van der Waals surface area contributed by atoms with Crippen LogP contribution in [0.15, 0.2) is 35.7 Å². The van der Waals surface area contributed by atoms with E-state index in [0.717, 1.165) is 30.6 Å². The zero-order valence-electron chi connectivity index (χ0n) is 16.8. The summed E-state index contributed by atoms with van der Waals surface area (Å²) in [6.45, 7) is 2.71. The number of ether oxygens (including phenoxy) is 2. The molecule has 1 aliphatic carbocycles. The van der Waals surface area contributed by atoms with Gasteiger partial charge in [-0.25, -0.2) is 0 Å². The Morgan fingerprint density at radius 3 is 2.76 bits per heavy atom. The first-order valence-electron chi connectivity index (χ1n) is 9.96. The van der Waals surface area contributed by atoms with E-state index in [2.05, 4.69) is 11.4 Å². The van der Waals surface area contributed by atoms with Gasteiger partial charge in [0.05, 0.1) is 13.2 Å². The molecule has 0 bridgehead atoms. The van der Waals surface area contributed by atoms with Gasteiger partial charge in [-0.1, -0.05) is 6.07 Å². The van der Waals surface area contributed by atoms with Crippen LogP contribution in [0.1, 0.15) is 36.2 Å². The summed E-state index contributed by atoms with van der Waals surface area (Å²) < 4.78 is 11.3. The van der Waals surface area contributed by atoms with Gasteiger partial charge in [-0.2, -0.15) is 0 Å². The number of carbonyl (C=O) groups excluding carboxylic acids is 2. The Morgan fingerprint density at radius 1 is 1.24 bits per heavy atom. The minimum absolute atomic E-state index is 0.0109. The van der Waals surface area contributed by atoms with Gasteiger partial charge < -0.3 is 19.3 Å². The molecule has 1 saturated carbocycles. The molecule has 6 nitrogen and oxygen atoms in total. The lowest BCUT2D eigenvalue weighted by atomic mass is 10.0. The zero-order chi connectivity index (χ0) is 20.4. The molecule has 2 aromatic rings. The summed E-state index contributed by atoms with van der Waals surface area (Å²) in [4.78, 5) is 30.0. The molecule has 0 unspecified atom stereocenters. The molecule has 0 saturated heterocycles. The van der Waals surface area contributed by atoms with Gasteiger partial charge in [-0.05, 0) is 48.4 Å². The molecule has 2 amide bonds. The molecule has 0 radical (unpaired) electrons. The first-order valence-corrected chi connectivity index (χ1v) is 10.8. The van der Waals surface area contributed by atoms with Crippen LogP contribution in [-0.4, -0.2) is 54.5 Å². The Kier molecular flexibility index (Phi) is 5.76. The fourth-order valence-electron chi connectivity index (χ4n) is 3.86. The second-order valence-electron chi connectivity index (χ2n) is 7.52. The highest BCUT2D eigenvalue weighted by molar-refractivity contribution is 7.10. The van der Waals surface area contributed by atoms with Crippen molar-refractivity contribution in [2.75, 3.05) is 26.8 Å². The molecule has 29 heavy (non-hydrogen) atoms. The SMILES string of the molecule is COc1cccc(OC[C@@H]2c3ccsc3CCN2C(=O)CN(C(C)=O)C2CC2)c1. The third kappa shape index (κ3) is 4.40. The average molecular weight is 415 g/mol. The zero-order valence-corrected chi connectivity index (χ0v) is 17.6. The number of nitrogens with zero attached hydrogens (tertiary/aromatic N) is 2. The summed E-state index contributed by atoms with van der Waals surface area (Å²) in [7, 11) is 1.62. The normalized spacial score (nSPS) is 18.1. The van der Waals surface area contributed by atoms with Gasteiger partial charge in [-0.3, -0.25) is 9.59 Å². The number of hydrogen-bond acceptors (Lipinski definition) is 5. The number of rotatable bonds is 7. The average Bonchev–Trinajstić information content (AvgIpc) is 3.45. The van der Waals surface area contributed by atoms with Crippen molar-refractivity contribution in [3.63, 3.8) is 0 Å². The number of hydrogen-bond donors (Lipinski definition) is 0. The van der Waals surface area contributed by atoms with E-state index < -0.39 is 0 Å². The van der Waals surface area contributed by atoms with Gasteiger partial charge in [0.1, 0.15) is 24.7 Å². The van der Waals surface area contributed by atoms with E-state index in [0.29, 0.717) is 18.9 Å². The van der Waals surface area contributed by atoms with E-state index in [1.165, 1.54) is 4.88 Å². The molecule has 154 valence electrons. The maximum absolute atomic E-state index is 13.2. The van der Waals surface area contributed by atoms with Gasteiger partial charge in [0.2, 0.25) is 11.8 Å². The van der Waals surface area contributed by atoms with E-state index in [1.54, 1.807) is 30.3 Å². The number of fused-ring (bicyclic) bond motifs is 1. The minimum atomic E-state index is -0.156. The molecular weight excluding hydrogens is 388 g/mol. The highest BCUT2D eigenvalue weighted by Crippen LogP contribution is 2.35. The van der Waals surface area contributed by atoms with E-state index >= 15 is 0 Å². The van der Waals surface area contributed by atoms with Crippen LogP contribution in [-0.2, 0) is 16.0 Å². The topological polar surface area (TPSA) is 59.1 Å². The third-order valence-corrected chi connectivity index (χ3v) is 6.56. The van der Waals surface area contributed by atoms with Crippen molar-refractivity contribution < 1.29 is 19.1 Å². The standard InChI is InChI=1S/C22H26N2O4S/c1-15(25)24(16-6-7-16)13-22(26)23-10-8-21-19(9-11-29-21)20(23)14-28-18-5-3-4-17(12-18)27-2/h3-5,9,11-12,16,20H,6-8,10,13-14H2,1-2H3/t20-/m1/s1. The van der Waals surface area contributed by atoms with Crippen molar-refractivity contribution >= 4 is 23.2 Å². The Labute approximate surface area is 175 Å². The summed E-state index contributed by atoms with van der Waals surface area (Å²) in [5.74, 6) is 1.40. The van der Waals surface area contributed by atoms with Crippen LogP contribution in [0, 0.1) is 0 Å². The Morgan fingerprint density at radius 2 is 2.03 bits per heavy atom. The molecule has 2 aliphatic rings. The Bertz CT molecular complexity index is 892. The summed E-state index contributed by atoms with van der Waals surface area (Å²) in [6.07, 6.45) is 2.83. The smallest absolute Gasteiger partial charge is 0.242 e. The molecular formula is C22H26N2O4S.